The molecule has 0 fully saturated rings. The van der Waals surface area contributed by atoms with Crippen molar-refractivity contribution < 1.29 is 22.6 Å². The van der Waals surface area contributed by atoms with Gasteiger partial charge in [-0.15, -0.1) is 0 Å². The first-order valence-corrected chi connectivity index (χ1v) is 9.38. The summed E-state index contributed by atoms with van der Waals surface area (Å²) in [6.07, 6.45) is 0. The predicted molar refractivity (Wildman–Crippen MR) is 97.6 cm³/mol. The lowest BCUT2D eigenvalue weighted by atomic mass is 10.3. The van der Waals surface area contributed by atoms with Crippen LogP contribution < -0.4 is 14.2 Å². The minimum absolute atomic E-state index is 0.0392. The molecule has 9 heteroatoms. The Morgan fingerprint density at radius 3 is 2.24 bits per heavy atom. The zero-order valence-corrected chi connectivity index (χ0v) is 15.9. The third-order valence-electron chi connectivity index (χ3n) is 3.11. The summed E-state index contributed by atoms with van der Waals surface area (Å²) in [5.74, 6) is 0.869. The average Bonchev–Trinajstić information content (AvgIpc) is 2.54. The Labute approximate surface area is 156 Å². The van der Waals surface area contributed by atoms with E-state index >= 15 is 0 Å². The van der Waals surface area contributed by atoms with Gasteiger partial charge in [-0.05, 0) is 30.3 Å². The van der Waals surface area contributed by atoms with E-state index in [1.165, 1.54) is 31.4 Å². The molecule has 0 aliphatic carbocycles. The Bertz CT molecular complexity index is 822. The number of benzene rings is 2. The maximum absolute atomic E-state index is 12.5. The number of sulfonamides is 1. The first kappa shape index (κ1) is 19.7. The van der Waals surface area contributed by atoms with Crippen molar-refractivity contribution in [3.63, 3.8) is 0 Å². The van der Waals surface area contributed by atoms with Gasteiger partial charge >= 0.3 is 0 Å². The van der Waals surface area contributed by atoms with Gasteiger partial charge in [0.1, 0.15) is 6.61 Å². The lowest BCUT2D eigenvalue weighted by Crippen LogP contribution is -2.13. The number of rotatable bonds is 8. The molecule has 2 aromatic rings. The molecule has 0 aliphatic heterocycles. The summed E-state index contributed by atoms with van der Waals surface area (Å²) in [6.45, 7) is 0.688. The van der Waals surface area contributed by atoms with Gasteiger partial charge in [-0.1, -0.05) is 23.2 Å². The normalized spacial score (nSPS) is 11.2. The lowest BCUT2D eigenvalue weighted by molar-refractivity contribution is 0.144. The van der Waals surface area contributed by atoms with Crippen LogP contribution in [-0.2, 0) is 14.8 Å². The molecule has 0 aromatic heterocycles. The lowest BCUT2D eigenvalue weighted by Gasteiger charge is -2.14. The van der Waals surface area contributed by atoms with Crippen LogP contribution in [0.25, 0.3) is 0 Å². The van der Waals surface area contributed by atoms with Crippen molar-refractivity contribution in [1.82, 2.24) is 0 Å². The van der Waals surface area contributed by atoms with Crippen molar-refractivity contribution in [2.24, 2.45) is 0 Å². The molecule has 2 aromatic carbocycles. The second-order valence-electron chi connectivity index (χ2n) is 4.92. The van der Waals surface area contributed by atoms with E-state index in [0.717, 1.165) is 0 Å². The molecule has 6 nitrogen and oxygen atoms in total. The molecule has 136 valence electrons. The van der Waals surface area contributed by atoms with Crippen LogP contribution in [0.5, 0.6) is 11.5 Å². The predicted octanol–water partition coefficient (Wildman–Crippen LogP) is 3.83. The van der Waals surface area contributed by atoms with E-state index in [9.17, 15) is 8.42 Å². The van der Waals surface area contributed by atoms with Gasteiger partial charge < -0.3 is 14.2 Å². The second-order valence-corrected chi connectivity index (χ2v) is 7.47. The summed E-state index contributed by atoms with van der Waals surface area (Å²) >= 11 is 11.7. The van der Waals surface area contributed by atoms with Crippen LogP contribution in [0.1, 0.15) is 0 Å². The van der Waals surface area contributed by atoms with Crippen LogP contribution in [0, 0.1) is 0 Å². The number of hydrogen-bond donors (Lipinski definition) is 1. The van der Waals surface area contributed by atoms with Gasteiger partial charge in [0.05, 0.1) is 24.3 Å². The van der Waals surface area contributed by atoms with Crippen molar-refractivity contribution in [3.05, 3.63) is 46.4 Å². The number of ether oxygens (including phenoxy) is 3. The fraction of sp³-hybridized carbons (Fsp3) is 0.250. The van der Waals surface area contributed by atoms with Gasteiger partial charge in [0.2, 0.25) is 0 Å². The van der Waals surface area contributed by atoms with Crippen molar-refractivity contribution in [2.45, 2.75) is 4.90 Å². The summed E-state index contributed by atoms with van der Waals surface area (Å²) < 4.78 is 43.1. The van der Waals surface area contributed by atoms with E-state index in [-0.39, 0.29) is 14.9 Å². The molecule has 0 amide bonds. The number of halogens is 2. The topological polar surface area (TPSA) is 73.9 Å². The van der Waals surface area contributed by atoms with Gasteiger partial charge in [0.25, 0.3) is 10.0 Å². The molecular weight excluding hydrogens is 389 g/mol. The highest BCUT2D eigenvalue weighted by molar-refractivity contribution is 7.92. The van der Waals surface area contributed by atoms with Crippen LogP contribution in [0.15, 0.2) is 41.3 Å². The van der Waals surface area contributed by atoms with E-state index in [0.29, 0.717) is 30.4 Å². The van der Waals surface area contributed by atoms with Gasteiger partial charge in [-0.25, -0.2) is 8.42 Å². The average molecular weight is 406 g/mol. The van der Waals surface area contributed by atoms with Crippen molar-refractivity contribution in [3.8, 4) is 11.5 Å². The summed E-state index contributed by atoms with van der Waals surface area (Å²) in [7, 11) is -0.807. The van der Waals surface area contributed by atoms with Gasteiger partial charge in [-0.2, -0.15) is 0 Å². The summed E-state index contributed by atoms with van der Waals surface area (Å²) in [5.41, 5.74) is 0.310. The largest absolute Gasteiger partial charge is 0.493 e. The van der Waals surface area contributed by atoms with E-state index in [1.807, 2.05) is 0 Å². The van der Waals surface area contributed by atoms with Crippen LogP contribution in [0.3, 0.4) is 0 Å². The van der Waals surface area contributed by atoms with Gasteiger partial charge in [-0.3, -0.25) is 4.72 Å². The molecule has 0 aliphatic rings. The fourth-order valence-electron chi connectivity index (χ4n) is 1.99. The molecule has 25 heavy (non-hydrogen) atoms. The highest BCUT2D eigenvalue weighted by atomic mass is 35.5. The molecule has 0 spiro atoms. The Kier molecular flexibility index (Phi) is 6.78. The zero-order valence-electron chi connectivity index (χ0n) is 13.6. The Balaban J connectivity index is 2.27. The highest BCUT2D eigenvalue weighted by Gasteiger charge is 2.17. The molecule has 0 atom stereocenters. The molecule has 0 saturated carbocycles. The van der Waals surface area contributed by atoms with Crippen LogP contribution in [0.4, 0.5) is 5.69 Å². The molecule has 1 N–H and O–H groups in total. The highest BCUT2D eigenvalue weighted by Crippen LogP contribution is 2.31. The zero-order chi connectivity index (χ0) is 18.4. The quantitative estimate of drug-likeness (QED) is 0.675. The van der Waals surface area contributed by atoms with Crippen LogP contribution >= 0.6 is 23.2 Å². The van der Waals surface area contributed by atoms with Crippen LogP contribution in [0.2, 0.25) is 10.0 Å². The standard InChI is InChI=1S/C16H17Cl2NO5S/c1-22-5-6-24-16-10-13(3-4-15(16)23-2)19-25(20,21)14-8-11(17)7-12(18)9-14/h3-4,7-10,19H,5-6H2,1-2H3. The third-order valence-corrected chi connectivity index (χ3v) is 4.90. The van der Waals surface area contributed by atoms with Crippen molar-refractivity contribution in [2.75, 3.05) is 32.2 Å². The molecule has 2 rings (SSSR count). The maximum atomic E-state index is 12.5. The number of nitrogens with one attached hydrogen (secondary N) is 1. The van der Waals surface area contributed by atoms with E-state index in [2.05, 4.69) is 4.72 Å². The molecule has 0 heterocycles. The summed E-state index contributed by atoms with van der Waals surface area (Å²) in [6, 6.07) is 8.77. The number of methoxy groups -OCH3 is 2. The number of anilines is 1. The smallest absolute Gasteiger partial charge is 0.261 e. The van der Waals surface area contributed by atoms with E-state index in [1.54, 1.807) is 19.2 Å². The minimum atomic E-state index is -3.86. The van der Waals surface area contributed by atoms with Gasteiger partial charge in [0.15, 0.2) is 11.5 Å². The first-order valence-electron chi connectivity index (χ1n) is 7.14. The summed E-state index contributed by atoms with van der Waals surface area (Å²) in [5, 5.41) is 0.456. The SMILES string of the molecule is COCCOc1cc(NS(=O)(=O)c2cc(Cl)cc(Cl)c2)ccc1OC. The summed E-state index contributed by atoms with van der Waals surface area (Å²) in [4.78, 5) is -0.0392. The molecule has 0 bridgehead atoms. The third kappa shape index (κ3) is 5.40. The molecule has 0 saturated heterocycles. The van der Waals surface area contributed by atoms with Crippen molar-refractivity contribution >= 4 is 38.9 Å². The second kappa shape index (κ2) is 8.62. The minimum Gasteiger partial charge on any atom is -0.493 e. The maximum Gasteiger partial charge on any atom is 0.261 e. The monoisotopic (exact) mass is 405 g/mol. The van der Waals surface area contributed by atoms with Gasteiger partial charge in [0, 0.05) is 23.2 Å². The first-order chi connectivity index (χ1) is 11.9. The Morgan fingerprint density at radius 2 is 1.64 bits per heavy atom. The van der Waals surface area contributed by atoms with E-state index in [4.69, 9.17) is 37.4 Å². The fourth-order valence-corrected chi connectivity index (χ4v) is 3.76. The Hall–Kier alpha value is -1.67. The van der Waals surface area contributed by atoms with Crippen molar-refractivity contribution in [1.29, 1.82) is 0 Å². The molecule has 0 unspecified atom stereocenters. The molecular formula is C16H17Cl2NO5S. The molecule has 0 radical (unpaired) electrons. The Morgan fingerprint density at radius 1 is 0.960 bits per heavy atom. The van der Waals surface area contributed by atoms with Crippen LogP contribution in [-0.4, -0.2) is 35.9 Å². The number of hydrogen-bond acceptors (Lipinski definition) is 5. The van der Waals surface area contributed by atoms with E-state index < -0.39 is 10.0 Å².